The molecule has 2 heterocycles. The Morgan fingerprint density at radius 1 is 1.15 bits per heavy atom. The van der Waals surface area contributed by atoms with Crippen LogP contribution in [0.25, 0.3) is 0 Å². The highest BCUT2D eigenvalue weighted by molar-refractivity contribution is 5.74. The van der Waals surface area contributed by atoms with Gasteiger partial charge in [-0.2, -0.15) is 13.2 Å². The van der Waals surface area contributed by atoms with Crippen molar-refractivity contribution in [2.75, 3.05) is 52.5 Å². The van der Waals surface area contributed by atoms with Crippen molar-refractivity contribution >= 4 is 6.03 Å². The number of nitrogens with zero attached hydrogens (tertiary/aromatic N) is 3. The highest BCUT2D eigenvalue weighted by atomic mass is 19.4. The van der Waals surface area contributed by atoms with Crippen LogP contribution in [-0.4, -0.2) is 85.4 Å². The van der Waals surface area contributed by atoms with Gasteiger partial charge in [-0.3, -0.25) is 0 Å². The largest absolute Gasteiger partial charge is 0.390 e. The maximum atomic E-state index is 12.7. The van der Waals surface area contributed by atoms with E-state index in [-0.39, 0.29) is 6.03 Å². The molecule has 0 aromatic rings. The van der Waals surface area contributed by atoms with Gasteiger partial charge in [0.25, 0.3) is 0 Å². The van der Waals surface area contributed by atoms with Crippen molar-refractivity contribution in [3.05, 3.63) is 0 Å². The van der Waals surface area contributed by atoms with Crippen LogP contribution in [0.1, 0.15) is 39.5 Å². The van der Waals surface area contributed by atoms with Crippen LogP contribution >= 0.6 is 0 Å². The molecule has 1 atom stereocenters. The fourth-order valence-electron chi connectivity index (χ4n) is 3.84. The fraction of sp³-hybridized carbons (Fsp3) is 0.944. The summed E-state index contributed by atoms with van der Waals surface area (Å²) in [6.07, 6.45) is -2.33. The first-order chi connectivity index (χ1) is 12.3. The molecule has 0 spiro atoms. The molecule has 152 valence electrons. The van der Waals surface area contributed by atoms with Crippen LogP contribution in [0.2, 0.25) is 0 Å². The lowest BCUT2D eigenvalue weighted by atomic mass is 9.95. The molecule has 2 aliphatic rings. The molecule has 8 heteroatoms. The van der Waals surface area contributed by atoms with Crippen LogP contribution in [-0.2, 0) is 4.74 Å². The molecule has 0 N–H and O–H groups in total. The molecule has 0 radical (unpaired) electrons. The number of alkyl halides is 3. The summed E-state index contributed by atoms with van der Waals surface area (Å²) in [5.41, 5.74) is 0. The first kappa shape index (κ1) is 21.3. The lowest BCUT2D eigenvalue weighted by Gasteiger charge is -2.39. The van der Waals surface area contributed by atoms with Crippen LogP contribution in [0.5, 0.6) is 0 Å². The van der Waals surface area contributed by atoms with Gasteiger partial charge in [-0.25, -0.2) is 4.79 Å². The van der Waals surface area contributed by atoms with Gasteiger partial charge < -0.3 is 19.4 Å². The molecule has 2 rings (SSSR count). The van der Waals surface area contributed by atoms with Crippen molar-refractivity contribution in [3.8, 4) is 0 Å². The normalized spacial score (nSPS) is 21.3. The second-order valence-electron chi connectivity index (χ2n) is 7.48. The van der Waals surface area contributed by atoms with Crippen molar-refractivity contribution in [1.29, 1.82) is 0 Å². The summed E-state index contributed by atoms with van der Waals surface area (Å²) in [7, 11) is 0. The number of amides is 2. The Bertz CT molecular complexity index is 434. The average molecular weight is 379 g/mol. The second-order valence-corrected chi connectivity index (χ2v) is 7.48. The monoisotopic (exact) mass is 379 g/mol. The molecule has 2 saturated heterocycles. The van der Waals surface area contributed by atoms with E-state index < -0.39 is 18.6 Å². The zero-order valence-corrected chi connectivity index (χ0v) is 15.9. The predicted molar refractivity (Wildman–Crippen MR) is 94.1 cm³/mol. The second kappa shape index (κ2) is 9.78. The molecule has 0 aliphatic carbocycles. The molecule has 0 saturated carbocycles. The van der Waals surface area contributed by atoms with Crippen molar-refractivity contribution in [2.45, 2.75) is 51.7 Å². The van der Waals surface area contributed by atoms with Gasteiger partial charge in [0.15, 0.2) is 0 Å². The number of carbonyl (C=O) groups is 1. The van der Waals surface area contributed by atoms with E-state index in [0.29, 0.717) is 58.4 Å². The number of morpholine rings is 1. The lowest BCUT2D eigenvalue weighted by molar-refractivity contribution is -0.146. The van der Waals surface area contributed by atoms with E-state index in [1.165, 1.54) is 0 Å². The molecule has 2 aliphatic heterocycles. The SMILES string of the molecule is CCCN(CC1CCN(C(=O)N2CCOCC2)CC1)C(C)CC(F)(F)F. The Kier molecular flexibility index (Phi) is 8.01. The van der Waals surface area contributed by atoms with Crippen LogP contribution in [0.3, 0.4) is 0 Å². The number of urea groups is 1. The minimum Gasteiger partial charge on any atom is -0.378 e. The third-order valence-corrected chi connectivity index (χ3v) is 5.32. The van der Waals surface area contributed by atoms with Gasteiger partial charge in [0, 0.05) is 38.8 Å². The molecule has 2 amide bonds. The van der Waals surface area contributed by atoms with Gasteiger partial charge in [-0.15, -0.1) is 0 Å². The van der Waals surface area contributed by atoms with Crippen molar-refractivity contribution in [2.24, 2.45) is 5.92 Å². The first-order valence-electron chi connectivity index (χ1n) is 9.72. The third kappa shape index (κ3) is 6.61. The summed E-state index contributed by atoms with van der Waals surface area (Å²) in [5, 5.41) is 0. The molecular weight excluding hydrogens is 347 g/mol. The van der Waals surface area contributed by atoms with E-state index in [9.17, 15) is 18.0 Å². The van der Waals surface area contributed by atoms with Gasteiger partial charge in [-0.05, 0) is 38.6 Å². The molecule has 26 heavy (non-hydrogen) atoms. The zero-order chi connectivity index (χ0) is 19.2. The molecule has 2 fully saturated rings. The van der Waals surface area contributed by atoms with Gasteiger partial charge >= 0.3 is 12.2 Å². The summed E-state index contributed by atoms with van der Waals surface area (Å²) >= 11 is 0. The quantitative estimate of drug-likeness (QED) is 0.711. The van der Waals surface area contributed by atoms with Crippen LogP contribution in [0, 0.1) is 5.92 Å². The van der Waals surface area contributed by atoms with Gasteiger partial charge in [-0.1, -0.05) is 6.92 Å². The lowest BCUT2D eigenvalue weighted by Crippen LogP contribution is -2.51. The summed E-state index contributed by atoms with van der Waals surface area (Å²) in [6.45, 7) is 8.86. The van der Waals surface area contributed by atoms with E-state index in [2.05, 4.69) is 0 Å². The molecular formula is C18H32F3N3O2. The van der Waals surface area contributed by atoms with Gasteiger partial charge in [0.2, 0.25) is 0 Å². The number of halogens is 3. The Morgan fingerprint density at radius 3 is 2.27 bits per heavy atom. The van der Waals surface area contributed by atoms with Crippen LogP contribution in [0.4, 0.5) is 18.0 Å². The highest BCUT2D eigenvalue weighted by Gasteiger charge is 2.34. The van der Waals surface area contributed by atoms with Gasteiger partial charge in [0.1, 0.15) is 0 Å². The fourth-order valence-corrected chi connectivity index (χ4v) is 3.84. The van der Waals surface area contributed by atoms with Crippen molar-refractivity contribution < 1.29 is 22.7 Å². The molecule has 5 nitrogen and oxygen atoms in total. The Labute approximate surface area is 154 Å². The number of ether oxygens (including phenoxy) is 1. The summed E-state index contributed by atoms with van der Waals surface area (Å²) < 4.78 is 43.4. The van der Waals surface area contributed by atoms with Crippen LogP contribution in [0.15, 0.2) is 0 Å². The molecule has 0 aromatic heterocycles. The zero-order valence-electron chi connectivity index (χ0n) is 15.9. The topological polar surface area (TPSA) is 36.0 Å². The van der Waals surface area contributed by atoms with E-state index in [4.69, 9.17) is 4.74 Å². The summed E-state index contributed by atoms with van der Waals surface area (Å²) in [5.74, 6) is 0.353. The van der Waals surface area contributed by atoms with E-state index in [0.717, 1.165) is 19.3 Å². The Balaban J connectivity index is 1.80. The Morgan fingerprint density at radius 2 is 1.73 bits per heavy atom. The number of rotatable bonds is 6. The number of likely N-dealkylation sites (tertiary alicyclic amines) is 1. The van der Waals surface area contributed by atoms with Crippen LogP contribution < -0.4 is 0 Å². The maximum absolute atomic E-state index is 12.7. The number of carbonyl (C=O) groups excluding carboxylic acids is 1. The Hall–Kier alpha value is -1.02. The smallest absolute Gasteiger partial charge is 0.378 e. The van der Waals surface area contributed by atoms with Crippen molar-refractivity contribution in [1.82, 2.24) is 14.7 Å². The average Bonchev–Trinajstić information content (AvgIpc) is 2.60. The minimum atomic E-state index is -4.13. The predicted octanol–water partition coefficient (Wildman–Crippen LogP) is 3.20. The minimum absolute atomic E-state index is 0.0719. The van der Waals surface area contributed by atoms with Gasteiger partial charge in [0.05, 0.1) is 19.6 Å². The molecule has 0 aromatic carbocycles. The van der Waals surface area contributed by atoms with E-state index in [1.54, 1.807) is 6.92 Å². The highest BCUT2D eigenvalue weighted by Crippen LogP contribution is 2.26. The number of piperidine rings is 1. The van der Waals surface area contributed by atoms with E-state index in [1.807, 2.05) is 21.6 Å². The van der Waals surface area contributed by atoms with Crippen molar-refractivity contribution in [3.63, 3.8) is 0 Å². The number of hydrogen-bond donors (Lipinski definition) is 0. The molecule has 0 bridgehead atoms. The summed E-state index contributed by atoms with van der Waals surface area (Å²) in [6, 6.07) is -0.425. The van der Waals surface area contributed by atoms with E-state index >= 15 is 0 Å². The standard InChI is InChI=1S/C18H32F3N3O2/c1-3-6-24(15(2)13-18(19,20)21)14-16-4-7-22(8-5-16)17(25)23-9-11-26-12-10-23/h15-16H,3-14H2,1-2H3. The number of hydrogen-bond acceptors (Lipinski definition) is 3. The first-order valence-corrected chi connectivity index (χ1v) is 9.72. The maximum Gasteiger partial charge on any atom is 0.390 e. The molecule has 1 unspecified atom stereocenters. The summed E-state index contributed by atoms with van der Waals surface area (Å²) in [4.78, 5) is 18.2. The third-order valence-electron chi connectivity index (χ3n) is 5.32.